The molecular weight excluding hydrogens is 186 g/mol. The van der Waals surface area contributed by atoms with Gasteiger partial charge in [-0.2, -0.15) is 0 Å². The van der Waals surface area contributed by atoms with Gasteiger partial charge in [-0.3, -0.25) is 4.79 Å². The molecule has 0 radical (unpaired) electrons. The molecule has 0 unspecified atom stereocenters. The summed E-state index contributed by atoms with van der Waals surface area (Å²) in [5, 5.41) is 0. The fraction of sp³-hybridized carbons (Fsp3) is 0.462. The van der Waals surface area contributed by atoms with E-state index in [1.165, 1.54) is 0 Å². The highest BCUT2D eigenvalue weighted by Crippen LogP contribution is 2.08. The second-order valence-corrected chi connectivity index (χ2v) is 5.06. The molecule has 0 aliphatic carbocycles. The van der Waals surface area contributed by atoms with Crippen molar-refractivity contribution in [1.82, 2.24) is 0 Å². The standard InChI is InChI=1S/C13H20NO/c1-11-6-5-7-12(10-11)13(15)8-9-14(2,3)4/h5-7,10H,8-9H2,1-4H3/q+1. The normalized spacial score (nSPS) is 11.5. The fourth-order valence-electron chi connectivity index (χ4n) is 1.40. The fourth-order valence-corrected chi connectivity index (χ4v) is 1.40. The number of hydrogen-bond acceptors (Lipinski definition) is 1. The number of ketones is 1. The van der Waals surface area contributed by atoms with E-state index in [-0.39, 0.29) is 5.78 Å². The van der Waals surface area contributed by atoms with Gasteiger partial charge in [0, 0.05) is 5.56 Å². The van der Waals surface area contributed by atoms with Gasteiger partial charge in [0.15, 0.2) is 5.78 Å². The molecule has 0 aliphatic rings. The number of aryl methyl sites for hydroxylation is 1. The molecule has 2 heteroatoms. The maximum Gasteiger partial charge on any atom is 0.168 e. The summed E-state index contributed by atoms with van der Waals surface area (Å²) >= 11 is 0. The van der Waals surface area contributed by atoms with Crippen LogP contribution in [0.3, 0.4) is 0 Å². The summed E-state index contributed by atoms with van der Waals surface area (Å²) in [6.07, 6.45) is 0.618. The molecule has 0 saturated heterocycles. The average Bonchev–Trinajstić information content (AvgIpc) is 2.13. The minimum atomic E-state index is 0.242. The molecule has 0 spiro atoms. The van der Waals surface area contributed by atoms with Gasteiger partial charge in [0.2, 0.25) is 0 Å². The van der Waals surface area contributed by atoms with Crippen LogP contribution >= 0.6 is 0 Å². The van der Waals surface area contributed by atoms with Crippen LogP contribution in [0, 0.1) is 6.92 Å². The second-order valence-electron chi connectivity index (χ2n) is 5.06. The number of benzene rings is 1. The molecule has 1 rings (SSSR count). The molecule has 2 nitrogen and oxygen atoms in total. The molecule has 0 N–H and O–H groups in total. The van der Waals surface area contributed by atoms with Crippen molar-refractivity contribution >= 4 is 5.78 Å². The van der Waals surface area contributed by atoms with E-state index in [0.29, 0.717) is 6.42 Å². The molecule has 82 valence electrons. The Balaban J connectivity index is 2.62. The van der Waals surface area contributed by atoms with Crippen LogP contribution in [0.2, 0.25) is 0 Å². The Morgan fingerprint density at radius 3 is 2.47 bits per heavy atom. The van der Waals surface area contributed by atoms with Crippen molar-refractivity contribution in [1.29, 1.82) is 0 Å². The molecule has 0 saturated carbocycles. The summed E-state index contributed by atoms with van der Waals surface area (Å²) in [6.45, 7) is 2.89. The van der Waals surface area contributed by atoms with E-state index in [4.69, 9.17) is 0 Å². The predicted octanol–water partition coefficient (Wildman–Crippen LogP) is 2.27. The molecule has 0 aromatic heterocycles. The zero-order valence-electron chi connectivity index (χ0n) is 10.1. The van der Waals surface area contributed by atoms with Gasteiger partial charge in [-0.25, -0.2) is 0 Å². The Bertz CT molecular complexity index is 350. The SMILES string of the molecule is Cc1cccc(C(=O)CC[N+](C)(C)C)c1. The largest absolute Gasteiger partial charge is 0.331 e. The van der Waals surface area contributed by atoms with Crippen molar-refractivity contribution in [3.63, 3.8) is 0 Å². The lowest BCUT2D eigenvalue weighted by atomic mass is 10.1. The highest BCUT2D eigenvalue weighted by Gasteiger charge is 2.12. The minimum absolute atomic E-state index is 0.242. The van der Waals surface area contributed by atoms with E-state index < -0.39 is 0 Å². The third-order valence-electron chi connectivity index (χ3n) is 2.35. The van der Waals surface area contributed by atoms with Crippen LogP contribution in [0.1, 0.15) is 22.3 Å². The third-order valence-corrected chi connectivity index (χ3v) is 2.35. The van der Waals surface area contributed by atoms with Crippen molar-refractivity contribution in [3.05, 3.63) is 35.4 Å². The number of rotatable bonds is 4. The lowest BCUT2D eigenvalue weighted by Crippen LogP contribution is -2.36. The topological polar surface area (TPSA) is 17.1 Å². The summed E-state index contributed by atoms with van der Waals surface area (Å²) in [5.74, 6) is 0.242. The molecule has 0 fully saturated rings. The molecule has 1 aromatic carbocycles. The highest BCUT2D eigenvalue weighted by atomic mass is 16.1. The second kappa shape index (κ2) is 4.58. The van der Waals surface area contributed by atoms with E-state index in [0.717, 1.165) is 22.2 Å². The van der Waals surface area contributed by atoms with E-state index in [9.17, 15) is 4.79 Å². The first-order valence-corrected chi connectivity index (χ1v) is 5.29. The van der Waals surface area contributed by atoms with Crippen molar-refractivity contribution < 1.29 is 9.28 Å². The van der Waals surface area contributed by atoms with Gasteiger partial charge in [-0.05, 0) is 13.0 Å². The zero-order valence-corrected chi connectivity index (χ0v) is 10.1. The third kappa shape index (κ3) is 4.26. The molecule has 0 amide bonds. The average molecular weight is 206 g/mol. The first-order valence-electron chi connectivity index (χ1n) is 5.29. The molecule has 0 aliphatic heterocycles. The Labute approximate surface area is 92.1 Å². The quantitative estimate of drug-likeness (QED) is 0.545. The number of carbonyl (C=O) groups excluding carboxylic acids is 1. The number of Topliss-reactive ketones (excluding diaryl/α,β-unsaturated/α-hetero) is 1. The molecule has 0 atom stereocenters. The zero-order chi connectivity index (χ0) is 11.5. The van der Waals surface area contributed by atoms with Gasteiger partial charge in [0.1, 0.15) is 0 Å². The van der Waals surface area contributed by atoms with Gasteiger partial charge in [-0.15, -0.1) is 0 Å². The highest BCUT2D eigenvalue weighted by molar-refractivity contribution is 5.96. The van der Waals surface area contributed by atoms with Crippen molar-refractivity contribution in [2.24, 2.45) is 0 Å². The number of nitrogens with zero attached hydrogens (tertiary/aromatic N) is 1. The first-order chi connectivity index (χ1) is 6.88. The Morgan fingerprint density at radius 2 is 1.93 bits per heavy atom. The van der Waals surface area contributed by atoms with Crippen LogP contribution in [0.25, 0.3) is 0 Å². The maximum absolute atomic E-state index is 11.8. The van der Waals surface area contributed by atoms with E-state index in [2.05, 4.69) is 21.1 Å². The van der Waals surface area contributed by atoms with Crippen molar-refractivity contribution in [2.45, 2.75) is 13.3 Å². The first kappa shape index (κ1) is 11.9. The van der Waals surface area contributed by atoms with Crippen molar-refractivity contribution in [3.8, 4) is 0 Å². The van der Waals surface area contributed by atoms with E-state index >= 15 is 0 Å². The van der Waals surface area contributed by atoms with Gasteiger partial charge >= 0.3 is 0 Å². The van der Waals surface area contributed by atoms with E-state index in [1.807, 2.05) is 31.2 Å². The van der Waals surface area contributed by atoms with Crippen LogP contribution in [0.5, 0.6) is 0 Å². The maximum atomic E-state index is 11.8. The smallest absolute Gasteiger partial charge is 0.168 e. The van der Waals surface area contributed by atoms with Gasteiger partial charge in [0.25, 0.3) is 0 Å². The number of hydrogen-bond donors (Lipinski definition) is 0. The number of quaternary nitrogens is 1. The molecule has 0 bridgehead atoms. The summed E-state index contributed by atoms with van der Waals surface area (Å²) in [5.41, 5.74) is 1.98. The van der Waals surface area contributed by atoms with E-state index in [1.54, 1.807) is 0 Å². The molecular formula is C13H20NO+. The van der Waals surface area contributed by atoms with Gasteiger partial charge in [0.05, 0.1) is 34.1 Å². The summed E-state index contributed by atoms with van der Waals surface area (Å²) in [4.78, 5) is 11.8. The van der Waals surface area contributed by atoms with Crippen LogP contribution in [0.15, 0.2) is 24.3 Å². The summed E-state index contributed by atoms with van der Waals surface area (Å²) in [6, 6.07) is 7.80. The van der Waals surface area contributed by atoms with Crippen molar-refractivity contribution in [2.75, 3.05) is 27.7 Å². The van der Waals surface area contributed by atoms with Crippen LogP contribution in [-0.4, -0.2) is 38.0 Å². The molecule has 1 aromatic rings. The summed E-state index contributed by atoms with van der Waals surface area (Å²) in [7, 11) is 6.30. The van der Waals surface area contributed by atoms with Crippen LogP contribution in [0.4, 0.5) is 0 Å². The van der Waals surface area contributed by atoms with Gasteiger partial charge in [-0.1, -0.05) is 23.8 Å². The molecule has 0 heterocycles. The van der Waals surface area contributed by atoms with Crippen LogP contribution < -0.4 is 0 Å². The minimum Gasteiger partial charge on any atom is -0.331 e. The predicted molar refractivity (Wildman–Crippen MR) is 63.0 cm³/mol. The Morgan fingerprint density at radius 1 is 1.27 bits per heavy atom. The lowest BCUT2D eigenvalue weighted by Gasteiger charge is -2.23. The Hall–Kier alpha value is -1.15. The number of carbonyl (C=O) groups is 1. The van der Waals surface area contributed by atoms with Crippen LogP contribution in [-0.2, 0) is 0 Å². The lowest BCUT2D eigenvalue weighted by molar-refractivity contribution is -0.869. The van der Waals surface area contributed by atoms with Gasteiger partial charge < -0.3 is 4.48 Å². The monoisotopic (exact) mass is 206 g/mol. The summed E-state index contributed by atoms with van der Waals surface area (Å²) < 4.78 is 0.831. The Kier molecular flexibility index (Phi) is 3.64. The molecule has 15 heavy (non-hydrogen) atoms.